The van der Waals surface area contributed by atoms with Crippen molar-refractivity contribution in [1.82, 2.24) is 5.32 Å². The second kappa shape index (κ2) is 7.27. The van der Waals surface area contributed by atoms with E-state index in [4.69, 9.17) is 4.74 Å². The summed E-state index contributed by atoms with van der Waals surface area (Å²) in [5, 5.41) is 6.79. The molecule has 0 bridgehead atoms. The Hall–Kier alpha value is -2.07. The third-order valence-electron chi connectivity index (χ3n) is 3.81. The van der Waals surface area contributed by atoms with Gasteiger partial charge in [0.25, 0.3) is 0 Å². The van der Waals surface area contributed by atoms with Gasteiger partial charge in [0.05, 0.1) is 5.69 Å². The number of rotatable bonds is 6. The third-order valence-corrected chi connectivity index (χ3v) is 3.81. The zero-order chi connectivity index (χ0) is 15.2. The number of anilines is 1. The van der Waals surface area contributed by atoms with Crippen LogP contribution in [0.1, 0.15) is 11.1 Å². The predicted octanol–water partition coefficient (Wildman–Crippen LogP) is 3.00. The van der Waals surface area contributed by atoms with Crippen molar-refractivity contribution in [3.05, 3.63) is 59.4 Å². The average Bonchev–Trinajstić information content (AvgIpc) is 2.56. The fourth-order valence-corrected chi connectivity index (χ4v) is 2.58. The standard InChI is InChI=1S/C18H21FN2O/c19-16-4-1-14(2-5-16)7-9-20-10-8-15-3-6-18-17(13-15)21-11-12-22-18/h1-6,13,20-21H,7-12H2. The van der Waals surface area contributed by atoms with E-state index in [1.807, 2.05) is 18.2 Å². The van der Waals surface area contributed by atoms with Gasteiger partial charge in [0.1, 0.15) is 18.2 Å². The average molecular weight is 300 g/mol. The molecule has 0 atom stereocenters. The minimum atomic E-state index is -0.179. The molecule has 1 heterocycles. The lowest BCUT2D eigenvalue weighted by molar-refractivity contribution is 0.323. The van der Waals surface area contributed by atoms with Crippen molar-refractivity contribution < 1.29 is 9.13 Å². The molecular formula is C18H21FN2O. The van der Waals surface area contributed by atoms with Gasteiger partial charge in [0.2, 0.25) is 0 Å². The Morgan fingerprint density at radius 3 is 2.55 bits per heavy atom. The number of hydrogen-bond donors (Lipinski definition) is 2. The largest absolute Gasteiger partial charge is 0.490 e. The van der Waals surface area contributed by atoms with Gasteiger partial charge in [-0.25, -0.2) is 4.39 Å². The van der Waals surface area contributed by atoms with Gasteiger partial charge in [-0.05, 0) is 61.3 Å². The number of fused-ring (bicyclic) bond motifs is 1. The highest BCUT2D eigenvalue weighted by molar-refractivity contribution is 5.59. The summed E-state index contributed by atoms with van der Waals surface area (Å²) in [6, 6.07) is 13.0. The zero-order valence-electron chi connectivity index (χ0n) is 12.6. The van der Waals surface area contributed by atoms with Crippen molar-refractivity contribution >= 4 is 5.69 Å². The van der Waals surface area contributed by atoms with E-state index in [0.29, 0.717) is 0 Å². The monoisotopic (exact) mass is 300 g/mol. The van der Waals surface area contributed by atoms with Crippen LogP contribution in [0, 0.1) is 5.82 Å². The van der Waals surface area contributed by atoms with Gasteiger partial charge in [-0.2, -0.15) is 0 Å². The lowest BCUT2D eigenvalue weighted by atomic mass is 10.1. The molecule has 0 spiro atoms. The summed E-state index contributed by atoms with van der Waals surface area (Å²) in [6.07, 6.45) is 1.90. The van der Waals surface area contributed by atoms with Crippen LogP contribution in [0.15, 0.2) is 42.5 Å². The van der Waals surface area contributed by atoms with Crippen molar-refractivity contribution in [2.24, 2.45) is 0 Å². The Labute approximate surface area is 130 Å². The van der Waals surface area contributed by atoms with Crippen LogP contribution in [0.3, 0.4) is 0 Å². The van der Waals surface area contributed by atoms with Crippen LogP contribution >= 0.6 is 0 Å². The Morgan fingerprint density at radius 2 is 1.73 bits per heavy atom. The second-order valence-corrected chi connectivity index (χ2v) is 5.48. The van der Waals surface area contributed by atoms with Crippen molar-refractivity contribution in [3.63, 3.8) is 0 Å². The highest BCUT2D eigenvalue weighted by Crippen LogP contribution is 2.27. The lowest BCUT2D eigenvalue weighted by Crippen LogP contribution is -2.21. The maximum absolute atomic E-state index is 12.8. The van der Waals surface area contributed by atoms with Crippen molar-refractivity contribution in [2.45, 2.75) is 12.8 Å². The van der Waals surface area contributed by atoms with Gasteiger partial charge in [-0.1, -0.05) is 18.2 Å². The maximum Gasteiger partial charge on any atom is 0.142 e. The van der Waals surface area contributed by atoms with Crippen LogP contribution in [0.2, 0.25) is 0 Å². The molecule has 3 nitrogen and oxygen atoms in total. The summed E-state index contributed by atoms with van der Waals surface area (Å²) >= 11 is 0. The fraction of sp³-hybridized carbons (Fsp3) is 0.333. The third kappa shape index (κ3) is 3.98. The van der Waals surface area contributed by atoms with Gasteiger partial charge in [0.15, 0.2) is 0 Å². The number of hydrogen-bond acceptors (Lipinski definition) is 3. The zero-order valence-corrected chi connectivity index (χ0v) is 12.6. The predicted molar refractivity (Wildman–Crippen MR) is 87.1 cm³/mol. The molecule has 116 valence electrons. The molecule has 0 unspecified atom stereocenters. The first-order valence-corrected chi connectivity index (χ1v) is 7.76. The summed E-state index contributed by atoms with van der Waals surface area (Å²) in [5.74, 6) is 0.765. The first kappa shape index (κ1) is 14.9. The molecule has 0 amide bonds. The van der Waals surface area contributed by atoms with E-state index in [0.717, 1.165) is 56.1 Å². The molecule has 0 aliphatic carbocycles. The van der Waals surface area contributed by atoms with E-state index in [1.165, 1.54) is 17.7 Å². The van der Waals surface area contributed by atoms with E-state index in [1.54, 1.807) is 0 Å². The van der Waals surface area contributed by atoms with Crippen molar-refractivity contribution in [1.29, 1.82) is 0 Å². The van der Waals surface area contributed by atoms with Gasteiger partial charge in [0, 0.05) is 6.54 Å². The molecule has 0 saturated heterocycles. The van der Waals surface area contributed by atoms with E-state index < -0.39 is 0 Å². The van der Waals surface area contributed by atoms with Crippen LogP contribution in [0.4, 0.5) is 10.1 Å². The Kier molecular flexibility index (Phi) is 4.91. The molecule has 1 aliphatic heterocycles. The van der Waals surface area contributed by atoms with Crippen LogP contribution < -0.4 is 15.4 Å². The quantitative estimate of drug-likeness (QED) is 0.805. The van der Waals surface area contributed by atoms with Crippen LogP contribution in [0.5, 0.6) is 5.75 Å². The highest BCUT2D eigenvalue weighted by atomic mass is 19.1. The fourth-order valence-electron chi connectivity index (χ4n) is 2.58. The van der Waals surface area contributed by atoms with Crippen molar-refractivity contribution in [2.75, 3.05) is 31.6 Å². The maximum atomic E-state index is 12.8. The molecule has 0 fully saturated rings. The SMILES string of the molecule is Fc1ccc(CCNCCc2ccc3c(c2)NCCO3)cc1. The smallest absolute Gasteiger partial charge is 0.142 e. The topological polar surface area (TPSA) is 33.3 Å². The van der Waals surface area contributed by atoms with Gasteiger partial charge in [-0.3, -0.25) is 0 Å². The van der Waals surface area contributed by atoms with Gasteiger partial charge >= 0.3 is 0 Å². The molecule has 22 heavy (non-hydrogen) atoms. The van der Waals surface area contributed by atoms with E-state index >= 15 is 0 Å². The molecule has 2 aromatic rings. The molecule has 2 N–H and O–H groups in total. The summed E-state index contributed by atoms with van der Waals surface area (Å²) < 4.78 is 18.4. The number of nitrogens with one attached hydrogen (secondary N) is 2. The summed E-state index contributed by atoms with van der Waals surface area (Å²) in [5.41, 5.74) is 3.55. The molecule has 2 aromatic carbocycles. The van der Waals surface area contributed by atoms with E-state index in [9.17, 15) is 4.39 Å². The number of benzene rings is 2. The molecule has 1 aliphatic rings. The molecule has 3 rings (SSSR count). The Bertz CT molecular complexity index is 613. The Balaban J connectivity index is 1.40. The van der Waals surface area contributed by atoms with E-state index in [2.05, 4.69) is 22.8 Å². The summed E-state index contributed by atoms with van der Waals surface area (Å²) in [4.78, 5) is 0. The molecule has 0 aromatic heterocycles. The van der Waals surface area contributed by atoms with E-state index in [-0.39, 0.29) is 5.82 Å². The van der Waals surface area contributed by atoms with Crippen molar-refractivity contribution in [3.8, 4) is 5.75 Å². The minimum absolute atomic E-state index is 0.179. The molecule has 4 heteroatoms. The van der Waals surface area contributed by atoms with Gasteiger partial charge in [-0.15, -0.1) is 0 Å². The van der Waals surface area contributed by atoms with Crippen LogP contribution in [-0.2, 0) is 12.8 Å². The second-order valence-electron chi connectivity index (χ2n) is 5.48. The normalized spacial score (nSPS) is 13.1. The summed E-state index contributed by atoms with van der Waals surface area (Å²) in [7, 11) is 0. The molecular weight excluding hydrogens is 279 g/mol. The lowest BCUT2D eigenvalue weighted by Gasteiger charge is -2.19. The number of ether oxygens (including phenoxy) is 1. The minimum Gasteiger partial charge on any atom is -0.490 e. The van der Waals surface area contributed by atoms with Crippen LogP contribution in [0.25, 0.3) is 0 Å². The highest BCUT2D eigenvalue weighted by Gasteiger charge is 2.09. The molecule has 0 radical (unpaired) electrons. The first-order valence-electron chi connectivity index (χ1n) is 7.76. The van der Waals surface area contributed by atoms with Gasteiger partial charge < -0.3 is 15.4 Å². The first-order chi connectivity index (χ1) is 10.8. The molecule has 0 saturated carbocycles. The van der Waals surface area contributed by atoms with Crippen LogP contribution in [-0.4, -0.2) is 26.2 Å². The summed E-state index contributed by atoms with van der Waals surface area (Å²) in [6.45, 7) is 3.43. The number of halogens is 1. The Morgan fingerprint density at radius 1 is 1.00 bits per heavy atom.